The minimum absolute atomic E-state index is 0.445. The van der Waals surface area contributed by atoms with Crippen LogP contribution < -0.4 is 5.32 Å². The van der Waals surface area contributed by atoms with Crippen LogP contribution in [0, 0.1) is 0 Å². The van der Waals surface area contributed by atoms with Crippen molar-refractivity contribution in [2.24, 2.45) is 0 Å². The maximum Gasteiger partial charge on any atom is 0.407 e. The molecule has 0 aromatic carbocycles. The molecule has 2 N–H and O–H groups in total. The molecule has 6 nitrogen and oxygen atoms in total. The van der Waals surface area contributed by atoms with Gasteiger partial charge in [-0.1, -0.05) is 0 Å². The fourth-order valence-corrected chi connectivity index (χ4v) is 2.46. The van der Waals surface area contributed by atoms with Crippen molar-refractivity contribution in [1.82, 2.24) is 5.32 Å². The van der Waals surface area contributed by atoms with E-state index in [0.29, 0.717) is 12.2 Å². The lowest BCUT2D eigenvalue weighted by Gasteiger charge is -2.23. The molecule has 0 bridgehead atoms. The number of alkyl carbamates (subject to hydrolysis) is 1. The molecule has 0 saturated carbocycles. The fourth-order valence-electron chi connectivity index (χ4n) is 1.19. The Morgan fingerprint density at radius 1 is 1.44 bits per heavy atom. The smallest absolute Gasteiger partial charge is 0.407 e. The van der Waals surface area contributed by atoms with Crippen LogP contribution in [-0.2, 0) is 14.9 Å². The Bertz CT molecular complexity index is 361. The second-order valence-electron chi connectivity index (χ2n) is 4.87. The number of hydrogen-bond donors (Lipinski definition) is 2. The molecule has 0 aliphatic carbocycles. The van der Waals surface area contributed by atoms with Gasteiger partial charge < -0.3 is 10.1 Å². The van der Waals surface area contributed by atoms with E-state index in [1.54, 1.807) is 20.8 Å². The predicted molar refractivity (Wildman–Crippen MR) is 72.6 cm³/mol. The summed E-state index contributed by atoms with van der Waals surface area (Å²) in [4.78, 5) is 11.5. The highest BCUT2D eigenvalue weighted by molar-refractivity contribution is 7.98. The van der Waals surface area contributed by atoms with Gasteiger partial charge in [0.15, 0.2) is 0 Å². The fraction of sp³-hybridized carbons (Fsp3) is 0.900. The molecule has 8 heteroatoms. The third-order valence-electron chi connectivity index (χ3n) is 1.80. The summed E-state index contributed by atoms with van der Waals surface area (Å²) < 4.78 is 35.5. The molecule has 0 aromatic heterocycles. The van der Waals surface area contributed by atoms with E-state index in [9.17, 15) is 13.2 Å². The number of amides is 1. The molecule has 108 valence electrons. The van der Waals surface area contributed by atoms with Crippen molar-refractivity contribution in [3.05, 3.63) is 0 Å². The standard InChI is InChI=1S/C10H21NO5S2/c1-10(2,3)16-9(12)11-8(5-6-17-4)7-18(13,14)15/h8H,5-7H2,1-4H3,(H,11,12)(H,13,14,15). The lowest BCUT2D eigenvalue weighted by atomic mass is 10.2. The molecule has 0 aliphatic heterocycles. The summed E-state index contributed by atoms with van der Waals surface area (Å²) in [5.41, 5.74) is -0.647. The summed E-state index contributed by atoms with van der Waals surface area (Å²) >= 11 is 1.53. The Hall–Kier alpha value is -0.470. The van der Waals surface area contributed by atoms with Crippen molar-refractivity contribution in [3.63, 3.8) is 0 Å². The van der Waals surface area contributed by atoms with Gasteiger partial charge in [0.05, 0.1) is 5.75 Å². The average Bonchev–Trinajstić information content (AvgIpc) is 2.08. The SMILES string of the molecule is CSCCC(CS(=O)(=O)O)NC(=O)OC(C)(C)C. The molecule has 1 unspecified atom stereocenters. The number of thioether (sulfide) groups is 1. The van der Waals surface area contributed by atoms with Gasteiger partial charge in [0.2, 0.25) is 0 Å². The Morgan fingerprint density at radius 2 is 2.00 bits per heavy atom. The molecule has 0 fully saturated rings. The number of carbonyl (C=O) groups is 1. The van der Waals surface area contributed by atoms with Gasteiger partial charge in [-0.3, -0.25) is 4.55 Å². The Morgan fingerprint density at radius 3 is 2.39 bits per heavy atom. The number of nitrogens with one attached hydrogen (secondary N) is 1. The zero-order chi connectivity index (χ0) is 14.4. The molecule has 0 saturated heterocycles. The summed E-state index contributed by atoms with van der Waals surface area (Å²) in [5.74, 6) is 0.169. The van der Waals surface area contributed by atoms with Gasteiger partial charge in [-0.25, -0.2) is 4.79 Å². The molecule has 1 amide bonds. The molecule has 0 aliphatic rings. The second-order valence-corrected chi connectivity index (χ2v) is 7.36. The van der Waals surface area contributed by atoms with Crippen molar-refractivity contribution in [1.29, 1.82) is 0 Å². The highest BCUT2D eigenvalue weighted by atomic mass is 32.2. The van der Waals surface area contributed by atoms with Gasteiger partial charge in [-0.2, -0.15) is 20.2 Å². The van der Waals surface area contributed by atoms with Gasteiger partial charge in [0, 0.05) is 6.04 Å². The first kappa shape index (κ1) is 17.5. The number of carbonyl (C=O) groups excluding carboxylic acids is 1. The minimum Gasteiger partial charge on any atom is -0.444 e. The molecule has 0 heterocycles. The van der Waals surface area contributed by atoms with Gasteiger partial charge in [0.25, 0.3) is 10.1 Å². The number of hydrogen-bond acceptors (Lipinski definition) is 5. The van der Waals surface area contributed by atoms with E-state index in [0.717, 1.165) is 0 Å². The number of ether oxygens (including phenoxy) is 1. The normalized spacial score (nSPS) is 14.1. The van der Waals surface area contributed by atoms with Crippen LogP contribution in [0.3, 0.4) is 0 Å². The van der Waals surface area contributed by atoms with Gasteiger partial charge in [0.1, 0.15) is 5.60 Å². The largest absolute Gasteiger partial charge is 0.444 e. The van der Waals surface area contributed by atoms with Crippen LogP contribution in [0.25, 0.3) is 0 Å². The molecule has 0 rings (SSSR count). The van der Waals surface area contributed by atoms with E-state index in [1.807, 2.05) is 6.26 Å². The van der Waals surface area contributed by atoms with Crippen molar-refractivity contribution in [2.45, 2.75) is 38.8 Å². The van der Waals surface area contributed by atoms with E-state index in [1.165, 1.54) is 11.8 Å². The topological polar surface area (TPSA) is 92.7 Å². The van der Waals surface area contributed by atoms with Crippen LogP contribution in [0.1, 0.15) is 27.2 Å². The monoisotopic (exact) mass is 299 g/mol. The van der Waals surface area contributed by atoms with Gasteiger partial charge >= 0.3 is 6.09 Å². The van der Waals surface area contributed by atoms with Gasteiger partial charge in [-0.15, -0.1) is 0 Å². The average molecular weight is 299 g/mol. The van der Waals surface area contributed by atoms with E-state index in [-0.39, 0.29) is 0 Å². The number of rotatable bonds is 6. The van der Waals surface area contributed by atoms with Gasteiger partial charge in [-0.05, 0) is 39.2 Å². The molecule has 0 radical (unpaired) electrons. The first-order valence-electron chi connectivity index (χ1n) is 5.47. The van der Waals surface area contributed by atoms with E-state index >= 15 is 0 Å². The zero-order valence-corrected chi connectivity index (χ0v) is 12.7. The Balaban J connectivity index is 4.44. The Labute approximate surface area is 113 Å². The molecule has 18 heavy (non-hydrogen) atoms. The third kappa shape index (κ3) is 10.7. The minimum atomic E-state index is -4.12. The zero-order valence-electron chi connectivity index (χ0n) is 11.1. The van der Waals surface area contributed by atoms with Crippen molar-refractivity contribution in [2.75, 3.05) is 17.8 Å². The van der Waals surface area contributed by atoms with Crippen LogP contribution in [0.5, 0.6) is 0 Å². The van der Waals surface area contributed by atoms with Crippen LogP contribution in [-0.4, -0.2) is 48.5 Å². The molecular weight excluding hydrogens is 278 g/mol. The lowest BCUT2D eigenvalue weighted by Crippen LogP contribution is -2.42. The van der Waals surface area contributed by atoms with E-state index in [4.69, 9.17) is 9.29 Å². The summed E-state index contributed by atoms with van der Waals surface area (Å²) in [6, 6.07) is -0.651. The lowest BCUT2D eigenvalue weighted by molar-refractivity contribution is 0.0508. The summed E-state index contributed by atoms with van der Waals surface area (Å²) in [5, 5.41) is 2.45. The van der Waals surface area contributed by atoms with Crippen LogP contribution in [0.4, 0.5) is 4.79 Å². The van der Waals surface area contributed by atoms with Crippen LogP contribution in [0.2, 0.25) is 0 Å². The van der Waals surface area contributed by atoms with Crippen LogP contribution >= 0.6 is 11.8 Å². The maximum absolute atomic E-state index is 11.5. The first-order chi connectivity index (χ1) is 8.03. The summed E-state index contributed by atoms with van der Waals surface area (Å²) in [7, 11) is -4.12. The van der Waals surface area contributed by atoms with Crippen molar-refractivity contribution < 1.29 is 22.5 Å². The molecule has 0 aromatic rings. The molecule has 1 atom stereocenters. The van der Waals surface area contributed by atoms with E-state index < -0.39 is 33.6 Å². The molecule has 0 spiro atoms. The first-order valence-corrected chi connectivity index (χ1v) is 8.47. The highest BCUT2D eigenvalue weighted by Gasteiger charge is 2.22. The third-order valence-corrected chi connectivity index (χ3v) is 3.27. The van der Waals surface area contributed by atoms with Crippen LogP contribution in [0.15, 0.2) is 0 Å². The quantitative estimate of drug-likeness (QED) is 0.722. The highest BCUT2D eigenvalue weighted by Crippen LogP contribution is 2.08. The van der Waals surface area contributed by atoms with Crippen molar-refractivity contribution >= 4 is 28.0 Å². The molecular formula is C10H21NO5S2. The summed E-state index contributed by atoms with van der Waals surface area (Å²) in [6.45, 7) is 5.14. The Kier molecular flexibility index (Phi) is 7.01. The van der Waals surface area contributed by atoms with Crippen molar-refractivity contribution in [3.8, 4) is 0 Å². The van der Waals surface area contributed by atoms with E-state index in [2.05, 4.69) is 5.32 Å². The maximum atomic E-state index is 11.5. The predicted octanol–water partition coefficient (Wildman–Crippen LogP) is 1.52. The second kappa shape index (κ2) is 7.20. The summed E-state index contributed by atoms with van der Waals surface area (Å²) in [6.07, 6.45) is 1.63.